The van der Waals surface area contributed by atoms with E-state index in [0.717, 1.165) is 38.8 Å². The summed E-state index contributed by atoms with van der Waals surface area (Å²) in [6, 6.07) is 25.2. The number of methoxy groups -OCH3 is 1. The molecule has 0 saturated carbocycles. The summed E-state index contributed by atoms with van der Waals surface area (Å²) in [6.07, 6.45) is 2.76. The number of fused-ring (bicyclic) bond motifs is 3. The van der Waals surface area contributed by atoms with Crippen molar-refractivity contribution in [1.82, 2.24) is 4.72 Å². The number of nitrogens with one attached hydrogen (secondary N) is 2. The van der Waals surface area contributed by atoms with Crippen LogP contribution in [0.5, 0.6) is 5.75 Å². The smallest absolute Gasteiger partial charge is 0.240 e. The second-order valence-corrected chi connectivity index (χ2v) is 11.3. The van der Waals surface area contributed by atoms with Crippen LogP contribution in [0.25, 0.3) is 16.8 Å². The highest BCUT2D eigenvalue weighted by atomic mass is 32.2. The normalized spacial score (nSPS) is 18.3. The highest BCUT2D eigenvalue weighted by Gasteiger charge is 2.42. The van der Waals surface area contributed by atoms with Crippen LogP contribution in [-0.2, 0) is 21.2 Å². The molecule has 1 heterocycles. The van der Waals surface area contributed by atoms with Crippen LogP contribution >= 0.6 is 0 Å². The Morgan fingerprint density at radius 3 is 2.51 bits per heavy atom. The van der Waals surface area contributed by atoms with Crippen LogP contribution in [0.4, 0.5) is 5.69 Å². The molecule has 6 nitrogen and oxygen atoms in total. The van der Waals surface area contributed by atoms with Gasteiger partial charge >= 0.3 is 0 Å². The summed E-state index contributed by atoms with van der Waals surface area (Å²) >= 11 is 0. The Morgan fingerprint density at radius 2 is 1.70 bits per heavy atom. The average molecular weight is 511 g/mol. The molecule has 2 N–H and O–H groups in total. The van der Waals surface area contributed by atoms with Gasteiger partial charge in [-0.1, -0.05) is 66.2 Å². The van der Waals surface area contributed by atoms with Gasteiger partial charge in [-0.3, -0.25) is 4.79 Å². The first-order valence-electron chi connectivity index (χ1n) is 12.1. The van der Waals surface area contributed by atoms with E-state index in [0.29, 0.717) is 17.7 Å². The molecule has 4 aromatic rings. The monoisotopic (exact) mass is 510 g/mol. The molecular formula is C30H26N2O4S. The summed E-state index contributed by atoms with van der Waals surface area (Å²) in [7, 11) is -0.602. The fourth-order valence-electron chi connectivity index (χ4n) is 5.74. The number of rotatable bonds is 6. The number of carbonyl (C=O) groups excluding carboxylic acids is 1. The number of anilines is 1. The van der Waals surface area contributed by atoms with Gasteiger partial charge in [-0.15, -0.1) is 0 Å². The Balaban J connectivity index is 1.50. The summed E-state index contributed by atoms with van der Waals surface area (Å²) in [4.78, 5) is 13.6. The van der Waals surface area contributed by atoms with Crippen LogP contribution in [0.3, 0.4) is 0 Å². The maximum absolute atomic E-state index is 13.5. The molecule has 1 amide bonds. The topological polar surface area (TPSA) is 84.5 Å². The van der Waals surface area contributed by atoms with E-state index in [-0.39, 0.29) is 16.7 Å². The zero-order chi connectivity index (χ0) is 25.7. The van der Waals surface area contributed by atoms with Crippen molar-refractivity contribution >= 4 is 38.5 Å². The van der Waals surface area contributed by atoms with Gasteiger partial charge in [-0.05, 0) is 65.2 Å². The van der Waals surface area contributed by atoms with Gasteiger partial charge in [0.25, 0.3) is 0 Å². The van der Waals surface area contributed by atoms with Crippen LogP contribution in [0.1, 0.15) is 34.1 Å². The summed E-state index contributed by atoms with van der Waals surface area (Å²) in [5, 5.41) is 5.21. The molecule has 0 spiro atoms. The van der Waals surface area contributed by atoms with Gasteiger partial charge in [0.15, 0.2) is 0 Å². The first kappa shape index (κ1) is 23.5. The number of carbonyl (C=O) groups is 1. The van der Waals surface area contributed by atoms with Gasteiger partial charge in [0.1, 0.15) is 5.75 Å². The van der Waals surface area contributed by atoms with E-state index in [2.05, 4.69) is 46.4 Å². The molecule has 0 saturated heterocycles. The first-order valence-corrected chi connectivity index (χ1v) is 13.6. The van der Waals surface area contributed by atoms with E-state index >= 15 is 0 Å². The van der Waals surface area contributed by atoms with Gasteiger partial charge in [-0.25, -0.2) is 13.1 Å². The lowest BCUT2D eigenvalue weighted by molar-refractivity contribution is -0.117. The SMILES string of the molecule is CNS(=O)(=O)c1ccc2c(c1)C(C1C(Cc3c(OC)ccc4ccccc34)=Cc3ccccc31)C(=O)N2. The van der Waals surface area contributed by atoms with Gasteiger partial charge in [0, 0.05) is 17.2 Å². The Kier molecular flexibility index (Phi) is 5.62. The molecule has 0 fully saturated rings. The van der Waals surface area contributed by atoms with Crippen molar-refractivity contribution in [2.45, 2.75) is 23.2 Å². The highest BCUT2D eigenvalue weighted by Crippen LogP contribution is 2.51. The van der Waals surface area contributed by atoms with Crippen LogP contribution < -0.4 is 14.8 Å². The molecule has 186 valence electrons. The van der Waals surface area contributed by atoms with Crippen molar-refractivity contribution in [3.05, 3.63) is 107 Å². The summed E-state index contributed by atoms with van der Waals surface area (Å²) < 4.78 is 33.3. The maximum Gasteiger partial charge on any atom is 0.240 e. The summed E-state index contributed by atoms with van der Waals surface area (Å²) in [5.74, 6) is -0.133. The second kappa shape index (κ2) is 8.87. The van der Waals surface area contributed by atoms with Gasteiger partial charge in [0.05, 0.1) is 17.9 Å². The standard InChI is InChI=1S/C30H26N2O4S/c1-31-37(34,35)21-12-13-26-25(17-21)29(30(33)32-26)28-20(15-19-8-4-6-10-23(19)28)16-24-22-9-5-3-7-18(22)11-14-27(24)36-2/h3-15,17,28-29,31H,16H2,1-2H3,(H,32,33). The number of amides is 1. The second-order valence-electron chi connectivity index (χ2n) is 9.39. The van der Waals surface area contributed by atoms with Crippen molar-refractivity contribution in [2.75, 3.05) is 19.5 Å². The van der Waals surface area contributed by atoms with Crippen LogP contribution in [0.15, 0.2) is 89.3 Å². The molecule has 6 rings (SSSR count). The minimum atomic E-state index is -3.66. The van der Waals surface area contributed by atoms with Gasteiger partial charge in [-0.2, -0.15) is 0 Å². The maximum atomic E-state index is 13.5. The third kappa shape index (κ3) is 3.82. The lowest BCUT2D eigenvalue weighted by Gasteiger charge is -2.24. The van der Waals surface area contributed by atoms with E-state index < -0.39 is 15.9 Å². The van der Waals surface area contributed by atoms with Crippen molar-refractivity contribution < 1.29 is 17.9 Å². The largest absolute Gasteiger partial charge is 0.496 e. The molecular weight excluding hydrogens is 484 g/mol. The quantitative estimate of drug-likeness (QED) is 0.373. The van der Waals surface area contributed by atoms with E-state index in [1.807, 2.05) is 30.3 Å². The fourth-order valence-corrected chi connectivity index (χ4v) is 6.51. The Hall–Kier alpha value is -3.94. The molecule has 0 bridgehead atoms. The van der Waals surface area contributed by atoms with Crippen molar-refractivity contribution in [1.29, 1.82) is 0 Å². The van der Waals surface area contributed by atoms with Gasteiger partial charge < -0.3 is 10.1 Å². The Morgan fingerprint density at radius 1 is 0.919 bits per heavy atom. The lowest BCUT2D eigenvalue weighted by Crippen LogP contribution is -2.21. The highest BCUT2D eigenvalue weighted by molar-refractivity contribution is 7.89. The molecule has 1 aliphatic carbocycles. The van der Waals surface area contributed by atoms with E-state index in [1.165, 1.54) is 13.1 Å². The third-order valence-electron chi connectivity index (χ3n) is 7.48. The third-order valence-corrected chi connectivity index (χ3v) is 8.89. The number of benzene rings is 4. The number of hydrogen-bond donors (Lipinski definition) is 2. The van der Waals surface area contributed by atoms with Crippen molar-refractivity contribution in [3.8, 4) is 5.75 Å². The van der Waals surface area contributed by atoms with Crippen molar-refractivity contribution in [3.63, 3.8) is 0 Å². The minimum absolute atomic E-state index is 0.133. The molecule has 1 aliphatic heterocycles. The molecule has 2 atom stereocenters. The van der Waals surface area contributed by atoms with Crippen LogP contribution in [0, 0.1) is 0 Å². The van der Waals surface area contributed by atoms with Crippen LogP contribution in [-0.4, -0.2) is 28.5 Å². The van der Waals surface area contributed by atoms with Crippen molar-refractivity contribution in [2.24, 2.45) is 0 Å². The molecule has 37 heavy (non-hydrogen) atoms. The molecule has 4 aromatic carbocycles. The molecule has 0 aromatic heterocycles. The Labute approximate surface area is 216 Å². The minimum Gasteiger partial charge on any atom is -0.496 e. The predicted octanol–water partition coefficient (Wildman–Crippen LogP) is 5.22. The fraction of sp³-hybridized carbons (Fsp3) is 0.167. The number of ether oxygens (including phenoxy) is 1. The van der Waals surface area contributed by atoms with E-state index in [1.54, 1.807) is 19.2 Å². The average Bonchev–Trinajstić information content (AvgIpc) is 3.43. The lowest BCUT2D eigenvalue weighted by atomic mass is 9.78. The van der Waals surface area contributed by atoms with E-state index in [9.17, 15) is 13.2 Å². The summed E-state index contributed by atoms with van der Waals surface area (Å²) in [6.45, 7) is 0. The predicted molar refractivity (Wildman–Crippen MR) is 145 cm³/mol. The van der Waals surface area contributed by atoms with Gasteiger partial charge in [0.2, 0.25) is 15.9 Å². The first-order chi connectivity index (χ1) is 17.9. The Bertz CT molecular complexity index is 1710. The molecule has 0 radical (unpaired) electrons. The number of hydrogen-bond acceptors (Lipinski definition) is 4. The van der Waals surface area contributed by atoms with E-state index in [4.69, 9.17) is 4.74 Å². The zero-order valence-electron chi connectivity index (χ0n) is 20.5. The molecule has 2 unspecified atom stereocenters. The zero-order valence-corrected chi connectivity index (χ0v) is 21.3. The molecule has 7 heteroatoms. The summed E-state index contributed by atoms with van der Waals surface area (Å²) in [5.41, 5.74) is 5.63. The van der Waals surface area contributed by atoms with Crippen LogP contribution in [0.2, 0.25) is 0 Å². The molecule has 2 aliphatic rings. The number of sulfonamides is 1. The number of allylic oxidation sites excluding steroid dienone is 1.